The summed E-state index contributed by atoms with van der Waals surface area (Å²) in [5, 5.41) is 7.19. The first-order valence-corrected chi connectivity index (χ1v) is 12.1. The lowest BCUT2D eigenvalue weighted by molar-refractivity contribution is 0.359. The topological polar surface area (TPSA) is 56.3 Å². The molecule has 1 aromatic rings. The largest absolute Gasteiger partial charge is 0.356 e. The number of anilines is 2. The van der Waals surface area contributed by atoms with Crippen molar-refractivity contribution in [2.24, 2.45) is 0 Å². The molecular weight excluding hydrogens is 356 g/mol. The molecule has 0 aromatic carbocycles. The standard InChI is InChI=1S/C20H34N6S/c1-27-13-12-25-11-7-16(15-25)22-20-23-18-6-8-21-14-17(18)19(24-20)26-9-4-2-3-5-10-26/h16,21H,2-15H2,1H3,(H,22,23,24). The summed E-state index contributed by atoms with van der Waals surface area (Å²) < 4.78 is 0. The average Bonchev–Trinajstić information content (AvgIpc) is 2.96. The second kappa shape index (κ2) is 9.43. The molecule has 4 heterocycles. The molecule has 2 N–H and O–H groups in total. The van der Waals surface area contributed by atoms with E-state index in [-0.39, 0.29) is 0 Å². The third kappa shape index (κ3) is 4.87. The Labute approximate surface area is 167 Å². The number of hydrogen-bond acceptors (Lipinski definition) is 7. The Morgan fingerprint density at radius 1 is 1.15 bits per heavy atom. The van der Waals surface area contributed by atoms with Gasteiger partial charge in [0, 0.05) is 69.6 Å². The maximum Gasteiger partial charge on any atom is 0.225 e. The van der Waals surface area contributed by atoms with Gasteiger partial charge < -0.3 is 20.4 Å². The normalized spacial score (nSPS) is 23.9. The van der Waals surface area contributed by atoms with Gasteiger partial charge in [-0.05, 0) is 25.5 Å². The maximum absolute atomic E-state index is 5.04. The van der Waals surface area contributed by atoms with Gasteiger partial charge in [-0.3, -0.25) is 0 Å². The van der Waals surface area contributed by atoms with Crippen LogP contribution in [0.5, 0.6) is 0 Å². The van der Waals surface area contributed by atoms with E-state index in [0.717, 1.165) is 45.1 Å². The summed E-state index contributed by atoms with van der Waals surface area (Å²) in [6.45, 7) is 7.69. The van der Waals surface area contributed by atoms with Gasteiger partial charge in [-0.1, -0.05) is 12.8 Å². The molecule has 1 aromatic heterocycles. The first-order chi connectivity index (χ1) is 13.3. The lowest BCUT2D eigenvalue weighted by atomic mass is 10.1. The van der Waals surface area contributed by atoms with Crippen LogP contribution in [-0.2, 0) is 13.0 Å². The van der Waals surface area contributed by atoms with E-state index in [4.69, 9.17) is 9.97 Å². The van der Waals surface area contributed by atoms with Gasteiger partial charge in [0.25, 0.3) is 0 Å². The van der Waals surface area contributed by atoms with E-state index in [1.54, 1.807) is 0 Å². The minimum Gasteiger partial charge on any atom is -0.356 e. The number of likely N-dealkylation sites (tertiary alicyclic amines) is 1. The van der Waals surface area contributed by atoms with Crippen LogP contribution in [0.25, 0.3) is 0 Å². The summed E-state index contributed by atoms with van der Waals surface area (Å²) in [4.78, 5) is 15.1. The molecule has 150 valence electrons. The molecule has 2 saturated heterocycles. The highest BCUT2D eigenvalue weighted by Gasteiger charge is 2.26. The fraction of sp³-hybridized carbons (Fsp3) is 0.800. The molecule has 0 saturated carbocycles. The molecule has 6 nitrogen and oxygen atoms in total. The van der Waals surface area contributed by atoms with Gasteiger partial charge in [0.15, 0.2) is 0 Å². The van der Waals surface area contributed by atoms with Crippen LogP contribution in [0, 0.1) is 0 Å². The van der Waals surface area contributed by atoms with Crippen LogP contribution >= 0.6 is 11.8 Å². The molecule has 7 heteroatoms. The van der Waals surface area contributed by atoms with Crippen molar-refractivity contribution in [3.8, 4) is 0 Å². The van der Waals surface area contributed by atoms with Crippen LogP contribution in [0.1, 0.15) is 43.4 Å². The van der Waals surface area contributed by atoms with Gasteiger partial charge in [-0.15, -0.1) is 0 Å². The molecular formula is C20H34N6S. The van der Waals surface area contributed by atoms with Gasteiger partial charge >= 0.3 is 0 Å². The van der Waals surface area contributed by atoms with Crippen molar-refractivity contribution in [2.45, 2.75) is 51.1 Å². The van der Waals surface area contributed by atoms with Gasteiger partial charge in [0.05, 0.1) is 5.69 Å². The summed E-state index contributed by atoms with van der Waals surface area (Å²) in [5.41, 5.74) is 2.59. The second-order valence-corrected chi connectivity index (χ2v) is 9.03. The predicted octanol–water partition coefficient (Wildman–Crippen LogP) is 2.35. The minimum absolute atomic E-state index is 0.476. The molecule has 0 spiro atoms. The Morgan fingerprint density at radius 3 is 2.81 bits per heavy atom. The lowest BCUT2D eigenvalue weighted by Gasteiger charge is -2.28. The van der Waals surface area contributed by atoms with Gasteiger partial charge in [0.2, 0.25) is 5.95 Å². The van der Waals surface area contributed by atoms with Crippen LogP contribution in [0.2, 0.25) is 0 Å². The van der Waals surface area contributed by atoms with E-state index in [1.807, 2.05) is 11.8 Å². The molecule has 2 fully saturated rings. The number of thioether (sulfide) groups is 1. The molecule has 3 aliphatic heterocycles. The second-order valence-electron chi connectivity index (χ2n) is 8.05. The third-order valence-corrected chi connectivity index (χ3v) is 6.62. The van der Waals surface area contributed by atoms with Crippen molar-refractivity contribution < 1.29 is 0 Å². The highest BCUT2D eigenvalue weighted by molar-refractivity contribution is 7.98. The van der Waals surface area contributed by atoms with Crippen molar-refractivity contribution >= 4 is 23.5 Å². The zero-order chi connectivity index (χ0) is 18.5. The van der Waals surface area contributed by atoms with E-state index in [0.29, 0.717) is 6.04 Å². The van der Waals surface area contributed by atoms with Crippen LogP contribution < -0.4 is 15.5 Å². The number of nitrogens with one attached hydrogen (secondary N) is 2. The first kappa shape index (κ1) is 19.3. The van der Waals surface area contributed by atoms with Gasteiger partial charge in [-0.2, -0.15) is 16.7 Å². The van der Waals surface area contributed by atoms with Crippen molar-refractivity contribution in [2.75, 3.05) is 61.5 Å². The van der Waals surface area contributed by atoms with E-state index >= 15 is 0 Å². The number of fused-ring (bicyclic) bond motifs is 1. The Hall–Kier alpha value is -1.05. The fourth-order valence-corrected chi connectivity index (χ4v) is 4.93. The molecule has 0 aliphatic carbocycles. The number of hydrogen-bond donors (Lipinski definition) is 2. The van der Waals surface area contributed by atoms with Crippen molar-refractivity contribution in [3.63, 3.8) is 0 Å². The molecule has 27 heavy (non-hydrogen) atoms. The number of nitrogens with zero attached hydrogens (tertiary/aromatic N) is 4. The zero-order valence-electron chi connectivity index (χ0n) is 16.7. The van der Waals surface area contributed by atoms with Gasteiger partial charge in [-0.25, -0.2) is 4.98 Å². The molecule has 0 amide bonds. The smallest absolute Gasteiger partial charge is 0.225 e. The highest BCUT2D eigenvalue weighted by Crippen LogP contribution is 2.28. The summed E-state index contributed by atoms with van der Waals surface area (Å²) >= 11 is 1.93. The Kier molecular flexibility index (Phi) is 6.73. The first-order valence-electron chi connectivity index (χ1n) is 10.7. The zero-order valence-corrected chi connectivity index (χ0v) is 17.5. The number of rotatable bonds is 6. The van der Waals surface area contributed by atoms with E-state index in [9.17, 15) is 0 Å². The quantitative estimate of drug-likeness (QED) is 0.773. The van der Waals surface area contributed by atoms with E-state index in [2.05, 4.69) is 26.7 Å². The van der Waals surface area contributed by atoms with Crippen molar-refractivity contribution in [1.29, 1.82) is 0 Å². The SMILES string of the molecule is CSCCN1CCC(Nc2nc3c(c(N4CCCCCC4)n2)CNCC3)C1. The fourth-order valence-electron chi connectivity index (χ4n) is 4.49. The monoisotopic (exact) mass is 390 g/mol. The summed E-state index contributed by atoms with van der Waals surface area (Å²) in [7, 11) is 0. The minimum atomic E-state index is 0.476. The molecule has 4 rings (SSSR count). The molecule has 1 atom stereocenters. The third-order valence-electron chi connectivity index (χ3n) is 6.03. The Morgan fingerprint density at radius 2 is 2.00 bits per heavy atom. The van der Waals surface area contributed by atoms with Crippen LogP contribution in [0.3, 0.4) is 0 Å². The summed E-state index contributed by atoms with van der Waals surface area (Å²) in [6, 6.07) is 0.476. The van der Waals surface area contributed by atoms with Gasteiger partial charge in [0.1, 0.15) is 5.82 Å². The Bertz CT molecular complexity index is 617. The lowest BCUT2D eigenvalue weighted by Crippen LogP contribution is -2.33. The van der Waals surface area contributed by atoms with Crippen LogP contribution in [-0.4, -0.2) is 72.2 Å². The molecule has 1 unspecified atom stereocenters. The van der Waals surface area contributed by atoms with Crippen LogP contribution in [0.4, 0.5) is 11.8 Å². The maximum atomic E-state index is 5.04. The van der Waals surface area contributed by atoms with Crippen molar-refractivity contribution in [3.05, 3.63) is 11.3 Å². The Balaban J connectivity index is 1.50. The molecule has 3 aliphatic rings. The van der Waals surface area contributed by atoms with E-state index in [1.165, 1.54) is 68.0 Å². The predicted molar refractivity (Wildman–Crippen MR) is 115 cm³/mol. The molecule has 0 bridgehead atoms. The van der Waals surface area contributed by atoms with Crippen molar-refractivity contribution in [1.82, 2.24) is 20.2 Å². The average molecular weight is 391 g/mol. The molecule has 0 radical (unpaired) electrons. The van der Waals surface area contributed by atoms with E-state index < -0.39 is 0 Å². The summed E-state index contributed by atoms with van der Waals surface area (Å²) in [6.07, 6.45) is 9.64. The highest BCUT2D eigenvalue weighted by atomic mass is 32.2. The van der Waals surface area contributed by atoms with Crippen LogP contribution in [0.15, 0.2) is 0 Å². The number of aromatic nitrogens is 2. The summed E-state index contributed by atoms with van der Waals surface area (Å²) in [5.74, 6) is 3.26.